The fourth-order valence-corrected chi connectivity index (χ4v) is 3.61. The number of hydrogen-bond acceptors (Lipinski definition) is 4. The van der Waals surface area contributed by atoms with Crippen LogP contribution in [0.5, 0.6) is 0 Å². The van der Waals surface area contributed by atoms with Crippen LogP contribution in [0.25, 0.3) is 0 Å². The van der Waals surface area contributed by atoms with Gasteiger partial charge in [-0.15, -0.1) is 0 Å². The third-order valence-electron chi connectivity index (χ3n) is 3.78. The highest BCUT2D eigenvalue weighted by molar-refractivity contribution is 7.89. The van der Waals surface area contributed by atoms with E-state index < -0.39 is 10.0 Å². The average Bonchev–Trinajstić information content (AvgIpc) is 2.91. The van der Waals surface area contributed by atoms with Crippen molar-refractivity contribution in [3.63, 3.8) is 0 Å². The van der Waals surface area contributed by atoms with Crippen molar-refractivity contribution in [2.45, 2.75) is 32.3 Å². The third-order valence-corrected chi connectivity index (χ3v) is 5.66. The predicted octanol–water partition coefficient (Wildman–Crippen LogP) is 0.0494. The predicted molar refractivity (Wildman–Crippen MR) is 71.2 cm³/mol. The molecule has 1 amide bonds. The lowest BCUT2D eigenvalue weighted by Crippen LogP contribution is -2.51. The van der Waals surface area contributed by atoms with Gasteiger partial charge in [0, 0.05) is 32.8 Å². The summed E-state index contributed by atoms with van der Waals surface area (Å²) in [5.41, 5.74) is 0. The maximum absolute atomic E-state index is 12.1. The Kier molecular flexibility index (Phi) is 4.81. The van der Waals surface area contributed by atoms with Gasteiger partial charge in [0.2, 0.25) is 15.9 Å². The van der Waals surface area contributed by atoms with E-state index in [9.17, 15) is 13.2 Å². The Morgan fingerprint density at radius 2 is 1.95 bits per heavy atom. The average molecular weight is 290 g/mol. The molecule has 2 aliphatic heterocycles. The van der Waals surface area contributed by atoms with Gasteiger partial charge in [-0.1, -0.05) is 0 Å². The van der Waals surface area contributed by atoms with E-state index in [2.05, 4.69) is 0 Å². The van der Waals surface area contributed by atoms with Gasteiger partial charge < -0.3 is 9.64 Å². The summed E-state index contributed by atoms with van der Waals surface area (Å²) >= 11 is 0. The molecule has 0 radical (unpaired) electrons. The molecule has 19 heavy (non-hydrogen) atoms. The SMILES string of the molecule is CCS(=O)(=O)N1CCN(C(=O)CC2CCCO2)CC1. The Hall–Kier alpha value is -0.660. The summed E-state index contributed by atoms with van der Waals surface area (Å²) in [6, 6.07) is 0. The summed E-state index contributed by atoms with van der Waals surface area (Å²) in [5.74, 6) is 0.206. The van der Waals surface area contributed by atoms with Crippen LogP contribution >= 0.6 is 0 Å². The van der Waals surface area contributed by atoms with Crippen molar-refractivity contribution < 1.29 is 17.9 Å². The van der Waals surface area contributed by atoms with Gasteiger partial charge in [-0.2, -0.15) is 4.31 Å². The van der Waals surface area contributed by atoms with Gasteiger partial charge in [0.25, 0.3) is 0 Å². The van der Waals surface area contributed by atoms with Crippen LogP contribution in [0.15, 0.2) is 0 Å². The van der Waals surface area contributed by atoms with Crippen molar-refractivity contribution in [3.8, 4) is 0 Å². The summed E-state index contributed by atoms with van der Waals surface area (Å²) in [6.45, 7) is 4.20. The first-order valence-corrected chi connectivity index (χ1v) is 8.51. The zero-order chi connectivity index (χ0) is 13.9. The molecule has 2 saturated heterocycles. The summed E-state index contributed by atoms with van der Waals surface area (Å²) in [6.07, 6.45) is 2.47. The molecule has 7 heteroatoms. The maximum atomic E-state index is 12.1. The minimum Gasteiger partial charge on any atom is -0.378 e. The van der Waals surface area contributed by atoms with E-state index in [4.69, 9.17) is 4.74 Å². The molecule has 1 atom stereocenters. The molecule has 0 bridgehead atoms. The molecule has 0 aliphatic carbocycles. The molecule has 2 rings (SSSR count). The summed E-state index contributed by atoms with van der Waals surface area (Å²) < 4.78 is 30.4. The molecule has 0 aromatic carbocycles. The standard InChI is InChI=1S/C12H22N2O4S/c1-2-19(16,17)14-7-5-13(6-8-14)12(15)10-11-4-3-9-18-11/h11H,2-10H2,1H3. The zero-order valence-electron chi connectivity index (χ0n) is 11.4. The van der Waals surface area contributed by atoms with Gasteiger partial charge in [0.15, 0.2) is 0 Å². The van der Waals surface area contributed by atoms with Crippen molar-refractivity contribution >= 4 is 15.9 Å². The number of piperazine rings is 1. The van der Waals surface area contributed by atoms with Crippen LogP contribution < -0.4 is 0 Å². The van der Waals surface area contributed by atoms with Gasteiger partial charge in [-0.25, -0.2) is 8.42 Å². The monoisotopic (exact) mass is 290 g/mol. The highest BCUT2D eigenvalue weighted by Crippen LogP contribution is 2.17. The second-order valence-corrected chi connectivity index (χ2v) is 7.28. The summed E-state index contributed by atoms with van der Waals surface area (Å²) in [4.78, 5) is 13.8. The smallest absolute Gasteiger partial charge is 0.225 e. The van der Waals surface area contributed by atoms with Crippen LogP contribution in [0, 0.1) is 0 Å². The molecule has 2 heterocycles. The van der Waals surface area contributed by atoms with Crippen molar-refractivity contribution in [1.29, 1.82) is 0 Å². The van der Waals surface area contributed by atoms with Crippen molar-refractivity contribution in [1.82, 2.24) is 9.21 Å². The van der Waals surface area contributed by atoms with Crippen molar-refractivity contribution in [3.05, 3.63) is 0 Å². The zero-order valence-corrected chi connectivity index (χ0v) is 12.2. The molecule has 0 saturated carbocycles. The molecular formula is C12H22N2O4S. The summed E-state index contributed by atoms with van der Waals surface area (Å²) in [7, 11) is -3.12. The van der Waals surface area contributed by atoms with Crippen LogP contribution in [0.3, 0.4) is 0 Å². The number of ether oxygens (including phenoxy) is 1. The number of sulfonamides is 1. The summed E-state index contributed by atoms with van der Waals surface area (Å²) in [5, 5.41) is 0. The first-order chi connectivity index (χ1) is 9.03. The molecule has 0 aromatic rings. The number of hydrogen-bond donors (Lipinski definition) is 0. The third kappa shape index (κ3) is 3.67. The second kappa shape index (κ2) is 6.19. The lowest BCUT2D eigenvalue weighted by Gasteiger charge is -2.34. The van der Waals surface area contributed by atoms with Crippen LogP contribution in [0.2, 0.25) is 0 Å². The Labute approximate surface area is 114 Å². The highest BCUT2D eigenvalue weighted by atomic mass is 32.2. The highest BCUT2D eigenvalue weighted by Gasteiger charge is 2.29. The topological polar surface area (TPSA) is 66.9 Å². The molecule has 2 fully saturated rings. The normalized spacial score (nSPS) is 25.7. The fraction of sp³-hybridized carbons (Fsp3) is 0.917. The fourth-order valence-electron chi connectivity index (χ4n) is 2.53. The molecular weight excluding hydrogens is 268 g/mol. The molecule has 6 nitrogen and oxygen atoms in total. The second-order valence-electron chi connectivity index (χ2n) is 5.02. The van der Waals surface area contributed by atoms with Crippen LogP contribution in [0.1, 0.15) is 26.2 Å². The number of amides is 1. The molecule has 1 unspecified atom stereocenters. The largest absolute Gasteiger partial charge is 0.378 e. The van der Waals surface area contributed by atoms with Crippen molar-refractivity contribution in [2.75, 3.05) is 38.5 Å². The van der Waals surface area contributed by atoms with Gasteiger partial charge in [0.1, 0.15) is 0 Å². The van der Waals surface area contributed by atoms with E-state index in [1.807, 2.05) is 0 Å². The molecule has 0 spiro atoms. The lowest BCUT2D eigenvalue weighted by atomic mass is 10.1. The molecule has 0 aromatic heterocycles. The van der Waals surface area contributed by atoms with E-state index in [1.165, 1.54) is 4.31 Å². The number of nitrogens with zero attached hydrogens (tertiary/aromatic N) is 2. The minimum absolute atomic E-state index is 0.0601. The lowest BCUT2D eigenvalue weighted by molar-refractivity contribution is -0.134. The number of rotatable bonds is 4. The number of carbonyl (C=O) groups excluding carboxylic acids is 1. The van der Waals surface area contributed by atoms with E-state index in [1.54, 1.807) is 11.8 Å². The first-order valence-electron chi connectivity index (χ1n) is 6.90. The Bertz CT molecular complexity index is 409. The van der Waals surface area contributed by atoms with Gasteiger partial charge in [0.05, 0.1) is 18.3 Å². The van der Waals surface area contributed by atoms with Gasteiger partial charge in [-0.05, 0) is 19.8 Å². The molecule has 2 aliphatic rings. The molecule has 0 N–H and O–H groups in total. The van der Waals surface area contributed by atoms with Crippen LogP contribution in [0.4, 0.5) is 0 Å². The van der Waals surface area contributed by atoms with E-state index in [0.717, 1.165) is 19.4 Å². The number of carbonyl (C=O) groups is 1. The van der Waals surface area contributed by atoms with Crippen LogP contribution in [-0.2, 0) is 19.6 Å². The van der Waals surface area contributed by atoms with Crippen molar-refractivity contribution in [2.24, 2.45) is 0 Å². The van der Waals surface area contributed by atoms with Gasteiger partial charge in [-0.3, -0.25) is 4.79 Å². The minimum atomic E-state index is -3.12. The quantitative estimate of drug-likeness (QED) is 0.734. The Morgan fingerprint density at radius 1 is 1.26 bits per heavy atom. The Balaban J connectivity index is 1.80. The Morgan fingerprint density at radius 3 is 2.47 bits per heavy atom. The maximum Gasteiger partial charge on any atom is 0.225 e. The molecule has 110 valence electrons. The van der Waals surface area contributed by atoms with Crippen LogP contribution in [-0.4, -0.2) is 68.2 Å². The van der Waals surface area contributed by atoms with E-state index >= 15 is 0 Å². The van der Waals surface area contributed by atoms with Gasteiger partial charge >= 0.3 is 0 Å². The van der Waals surface area contributed by atoms with E-state index in [-0.39, 0.29) is 17.8 Å². The first kappa shape index (κ1) is 14.7. The van der Waals surface area contributed by atoms with E-state index in [0.29, 0.717) is 32.6 Å².